The van der Waals surface area contributed by atoms with E-state index in [0.29, 0.717) is 44.8 Å². The molecule has 1 unspecified atom stereocenters. The van der Waals surface area contributed by atoms with Crippen LogP contribution in [-0.2, 0) is 44.7 Å². The van der Waals surface area contributed by atoms with E-state index in [1.54, 1.807) is 31.2 Å². The summed E-state index contributed by atoms with van der Waals surface area (Å²) < 4.78 is 5.37. The fraction of sp³-hybridized carbons (Fsp3) is 0.606. The standard InChI is InChI=1S/C33H48N6O8/c1-3-33(2)17-30(44)39(32(33)46)15-9-5-8-12-26(40)34-18-27(41)35-20-29(43)38-25(16-23-10-6-4-7-11-23)31(45)36-19-28(42)37-22-47-21-24-13-14-24/h4,6-7,10-11,24-25H,3,5,8-9,12-22H2,1-2H3,(H,34,40)(H,35,41)(H,36,45)(H,37,42)(H,38,43)/t25-,33?/m0/s1. The molecule has 47 heavy (non-hydrogen) atoms. The minimum Gasteiger partial charge on any atom is -0.361 e. The summed E-state index contributed by atoms with van der Waals surface area (Å²) in [5.41, 5.74) is 0.162. The average molecular weight is 657 g/mol. The molecule has 14 nitrogen and oxygen atoms in total. The van der Waals surface area contributed by atoms with Crippen LogP contribution in [0, 0.1) is 11.3 Å². The van der Waals surface area contributed by atoms with Gasteiger partial charge < -0.3 is 31.3 Å². The van der Waals surface area contributed by atoms with Crippen LogP contribution in [0.5, 0.6) is 0 Å². The molecule has 3 rings (SSSR count). The van der Waals surface area contributed by atoms with Crippen LogP contribution in [0.25, 0.3) is 0 Å². The molecule has 1 aliphatic carbocycles. The average Bonchev–Trinajstić information content (AvgIpc) is 3.86. The Hall–Kier alpha value is -4.33. The molecule has 1 saturated heterocycles. The summed E-state index contributed by atoms with van der Waals surface area (Å²) in [6, 6.07) is 8.03. The molecule has 2 atom stereocenters. The molecule has 14 heteroatoms. The summed E-state index contributed by atoms with van der Waals surface area (Å²) >= 11 is 0. The molecule has 0 bridgehead atoms. The summed E-state index contributed by atoms with van der Waals surface area (Å²) in [5, 5.41) is 12.6. The number of rotatable bonds is 21. The Kier molecular flexibility index (Phi) is 14.8. The van der Waals surface area contributed by atoms with Gasteiger partial charge in [-0.15, -0.1) is 0 Å². The second-order valence-electron chi connectivity index (χ2n) is 12.4. The molecule has 1 aromatic rings. The quantitative estimate of drug-likeness (QED) is 0.0709. The Morgan fingerprint density at radius 1 is 0.872 bits per heavy atom. The molecule has 1 aromatic carbocycles. The summed E-state index contributed by atoms with van der Waals surface area (Å²) in [7, 11) is 0. The lowest BCUT2D eigenvalue weighted by Crippen LogP contribution is -2.52. The third-order valence-electron chi connectivity index (χ3n) is 8.34. The Bertz CT molecular complexity index is 1270. The number of carbonyl (C=O) groups is 7. The number of amides is 7. The third-order valence-corrected chi connectivity index (χ3v) is 8.34. The van der Waals surface area contributed by atoms with Crippen LogP contribution in [0.4, 0.5) is 0 Å². The fourth-order valence-corrected chi connectivity index (χ4v) is 4.99. The zero-order chi connectivity index (χ0) is 34.2. The van der Waals surface area contributed by atoms with Crippen molar-refractivity contribution in [1.29, 1.82) is 0 Å². The van der Waals surface area contributed by atoms with Crippen molar-refractivity contribution in [2.24, 2.45) is 11.3 Å². The zero-order valence-electron chi connectivity index (χ0n) is 27.4. The number of nitrogens with zero attached hydrogens (tertiary/aromatic N) is 1. The molecular formula is C33H48N6O8. The predicted molar refractivity (Wildman–Crippen MR) is 171 cm³/mol. The highest BCUT2D eigenvalue weighted by Crippen LogP contribution is 2.35. The Morgan fingerprint density at radius 3 is 2.21 bits per heavy atom. The monoisotopic (exact) mass is 656 g/mol. The molecule has 0 aromatic heterocycles. The number of imide groups is 1. The molecule has 5 N–H and O–H groups in total. The van der Waals surface area contributed by atoms with Gasteiger partial charge in [-0.2, -0.15) is 0 Å². The number of carbonyl (C=O) groups excluding carboxylic acids is 7. The maximum atomic E-state index is 12.9. The zero-order valence-corrected chi connectivity index (χ0v) is 27.4. The van der Waals surface area contributed by atoms with Crippen LogP contribution in [0.1, 0.15) is 70.8 Å². The molecule has 1 saturated carbocycles. The van der Waals surface area contributed by atoms with Crippen molar-refractivity contribution >= 4 is 41.4 Å². The number of benzene rings is 1. The number of hydrogen-bond donors (Lipinski definition) is 5. The summed E-state index contributed by atoms with van der Waals surface area (Å²) in [6.07, 6.45) is 5.19. The summed E-state index contributed by atoms with van der Waals surface area (Å²) in [4.78, 5) is 88.0. The molecule has 1 aliphatic heterocycles. The minimum atomic E-state index is -1.00. The van der Waals surface area contributed by atoms with Gasteiger partial charge in [0, 0.05) is 25.8 Å². The molecular weight excluding hydrogens is 608 g/mol. The van der Waals surface area contributed by atoms with Crippen molar-refractivity contribution in [3.8, 4) is 0 Å². The summed E-state index contributed by atoms with van der Waals surface area (Å²) in [5.74, 6) is -2.26. The minimum absolute atomic E-state index is 0.0551. The number of nitrogens with one attached hydrogen (secondary N) is 5. The molecule has 0 radical (unpaired) electrons. The number of ether oxygens (including phenoxy) is 1. The van der Waals surface area contributed by atoms with Crippen molar-refractivity contribution in [3.63, 3.8) is 0 Å². The lowest BCUT2D eigenvalue weighted by molar-refractivity contribution is -0.141. The first-order valence-electron chi connectivity index (χ1n) is 16.3. The number of hydrogen-bond acceptors (Lipinski definition) is 8. The number of unbranched alkanes of at least 4 members (excludes halogenated alkanes) is 2. The van der Waals surface area contributed by atoms with Crippen molar-refractivity contribution in [1.82, 2.24) is 31.5 Å². The van der Waals surface area contributed by atoms with Crippen molar-refractivity contribution < 1.29 is 38.3 Å². The highest BCUT2D eigenvalue weighted by Gasteiger charge is 2.46. The SMILES string of the molecule is CCC1(C)CC(=O)N(CCCCCC(=O)NCC(=O)NCC(=O)N[C@@H](Cc2ccccc2)C(=O)NCC(=O)NCOCC2CC2)C1=O. The highest BCUT2D eigenvalue weighted by atomic mass is 16.5. The predicted octanol–water partition coefficient (Wildman–Crippen LogP) is 0.298. The second kappa shape index (κ2) is 18.7. The van der Waals surface area contributed by atoms with Crippen LogP contribution in [0.3, 0.4) is 0 Å². The van der Waals surface area contributed by atoms with E-state index in [2.05, 4.69) is 26.6 Å². The van der Waals surface area contributed by atoms with Crippen LogP contribution in [-0.4, -0.2) is 91.8 Å². The first kappa shape index (κ1) is 37.1. The Labute approximate surface area is 275 Å². The van der Waals surface area contributed by atoms with Gasteiger partial charge in [-0.05, 0) is 43.6 Å². The van der Waals surface area contributed by atoms with Crippen molar-refractivity contribution in [2.75, 3.05) is 39.5 Å². The lowest BCUT2D eigenvalue weighted by Gasteiger charge is -2.20. The van der Waals surface area contributed by atoms with Gasteiger partial charge >= 0.3 is 0 Å². The van der Waals surface area contributed by atoms with E-state index in [1.807, 2.05) is 13.0 Å². The third kappa shape index (κ3) is 13.1. The van der Waals surface area contributed by atoms with Gasteiger partial charge in [0.25, 0.3) is 0 Å². The second-order valence-corrected chi connectivity index (χ2v) is 12.4. The topological polar surface area (TPSA) is 192 Å². The van der Waals surface area contributed by atoms with Crippen LogP contribution in [0.15, 0.2) is 30.3 Å². The van der Waals surface area contributed by atoms with Crippen molar-refractivity contribution in [2.45, 2.75) is 77.7 Å². The van der Waals surface area contributed by atoms with Gasteiger partial charge in [-0.1, -0.05) is 50.6 Å². The van der Waals surface area contributed by atoms with Gasteiger partial charge in [-0.3, -0.25) is 38.5 Å². The molecule has 1 heterocycles. The van der Waals surface area contributed by atoms with Gasteiger partial charge in [0.15, 0.2) is 0 Å². The molecule has 2 aliphatic rings. The first-order valence-corrected chi connectivity index (χ1v) is 16.3. The molecule has 7 amide bonds. The maximum Gasteiger partial charge on any atom is 0.243 e. The van der Waals surface area contributed by atoms with Gasteiger partial charge in [-0.25, -0.2) is 0 Å². The van der Waals surface area contributed by atoms with Crippen LogP contribution >= 0.6 is 0 Å². The lowest BCUT2D eigenvalue weighted by atomic mass is 9.86. The molecule has 0 spiro atoms. The number of likely N-dealkylation sites (tertiary alicyclic amines) is 1. The molecule has 258 valence electrons. The maximum absolute atomic E-state index is 12.9. The van der Waals surface area contributed by atoms with Gasteiger partial charge in [0.05, 0.1) is 31.7 Å². The van der Waals surface area contributed by atoms with Crippen molar-refractivity contribution in [3.05, 3.63) is 35.9 Å². The van der Waals surface area contributed by atoms with E-state index in [0.717, 1.165) is 18.4 Å². The normalized spacial score (nSPS) is 18.0. The van der Waals surface area contributed by atoms with Crippen LogP contribution < -0.4 is 26.6 Å². The highest BCUT2D eigenvalue weighted by molar-refractivity contribution is 6.05. The van der Waals surface area contributed by atoms with E-state index < -0.39 is 41.6 Å². The Balaban J connectivity index is 1.31. The van der Waals surface area contributed by atoms with E-state index in [-0.39, 0.29) is 56.8 Å². The largest absolute Gasteiger partial charge is 0.361 e. The van der Waals surface area contributed by atoms with E-state index >= 15 is 0 Å². The van der Waals surface area contributed by atoms with E-state index in [1.165, 1.54) is 4.90 Å². The fourth-order valence-electron chi connectivity index (χ4n) is 4.99. The van der Waals surface area contributed by atoms with Gasteiger partial charge in [0.1, 0.15) is 12.8 Å². The first-order chi connectivity index (χ1) is 22.5. The Morgan fingerprint density at radius 2 is 1.53 bits per heavy atom. The van der Waals surface area contributed by atoms with Gasteiger partial charge in [0.2, 0.25) is 41.4 Å². The summed E-state index contributed by atoms with van der Waals surface area (Å²) in [6.45, 7) is 3.64. The smallest absolute Gasteiger partial charge is 0.243 e. The van der Waals surface area contributed by atoms with E-state index in [4.69, 9.17) is 4.74 Å². The van der Waals surface area contributed by atoms with E-state index in [9.17, 15) is 33.6 Å². The molecule has 2 fully saturated rings. The van der Waals surface area contributed by atoms with Crippen LogP contribution in [0.2, 0.25) is 0 Å².